The molecular formula is C38H45N5O7. The summed E-state index contributed by atoms with van der Waals surface area (Å²) in [5, 5.41) is 0. The van der Waals surface area contributed by atoms with Gasteiger partial charge in [0.15, 0.2) is 0 Å². The highest BCUT2D eigenvalue weighted by Crippen LogP contribution is 2.35. The first-order valence-electron chi connectivity index (χ1n) is 16.2. The Morgan fingerprint density at radius 1 is 1.04 bits per heavy atom. The zero-order valence-electron chi connectivity index (χ0n) is 29.5. The maximum atomic E-state index is 14.5. The van der Waals surface area contributed by atoms with Crippen molar-refractivity contribution in [3.63, 3.8) is 0 Å². The molecule has 5 N–H and O–H groups in total. The number of hydrogen-bond donors (Lipinski definition) is 3. The van der Waals surface area contributed by atoms with Crippen LogP contribution < -0.4 is 16.2 Å². The average molecular weight is 684 g/mol. The number of carbonyl (C=O) groups is 4. The number of nitrogens with zero attached hydrogens (tertiary/aromatic N) is 2. The molecule has 4 rings (SSSR count). The van der Waals surface area contributed by atoms with Crippen molar-refractivity contribution in [3.8, 4) is 17.0 Å². The number of aryl methyl sites for hydroxylation is 1. The second kappa shape index (κ2) is 15.8. The molecule has 3 atom stereocenters. The summed E-state index contributed by atoms with van der Waals surface area (Å²) in [6, 6.07) is 16.4. The van der Waals surface area contributed by atoms with Crippen molar-refractivity contribution >= 4 is 24.3 Å². The van der Waals surface area contributed by atoms with Crippen LogP contribution in [0.15, 0.2) is 66.9 Å². The van der Waals surface area contributed by atoms with Gasteiger partial charge in [0, 0.05) is 18.0 Å². The van der Waals surface area contributed by atoms with Gasteiger partial charge in [0.2, 0.25) is 11.8 Å². The van der Waals surface area contributed by atoms with Gasteiger partial charge in [-0.05, 0) is 86.2 Å². The number of nitrogens with one attached hydrogen (secondary N) is 1. The third kappa shape index (κ3) is 8.20. The van der Waals surface area contributed by atoms with E-state index in [2.05, 4.69) is 9.97 Å². The van der Waals surface area contributed by atoms with Gasteiger partial charge in [-0.25, -0.2) is 9.78 Å². The van der Waals surface area contributed by atoms with Crippen LogP contribution in [0, 0.1) is 6.92 Å². The van der Waals surface area contributed by atoms with E-state index in [1.165, 1.54) is 14.2 Å². The first kappa shape index (κ1) is 37.3. The van der Waals surface area contributed by atoms with E-state index in [1.807, 2.05) is 51.1 Å². The van der Waals surface area contributed by atoms with Crippen LogP contribution >= 0.6 is 0 Å². The summed E-state index contributed by atoms with van der Waals surface area (Å²) in [7, 11) is 2.74. The van der Waals surface area contributed by atoms with Crippen molar-refractivity contribution in [2.24, 2.45) is 11.5 Å². The third-order valence-corrected chi connectivity index (χ3v) is 9.24. The molecule has 0 spiro atoms. The fourth-order valence-electron chi connectivity index (χ4n) is 5.96. The highest BCUT2D eigenvalue weighted by Gasteiger charge is 2.34. The first-order valence-corrected chi connectivity index (χ1v) is 16.2. The Morgan fingerprint density at radius 3 is 2.36 bits per heavy atom. The Bertz CT molecular complexity index is 1850. The molecular weight excluding hydrogens is 638 g/mol. The minimum Gasteiger partial charge on any atom is -0.496 e. The molecule has 264 valence electrons. The summed E-state index contributed by atoms with van der Waals surface area (Å²) in [4.78, 5) is 60.3. The highest BCUT2D eigenvalue weighted by molar-refractivity contribution is 5.94. The summed E-state index contributed by atoms with van der Waals surface area (Å²) < 4.78 is 15.7. The van der Waals surface area contributed by atoms with E-state index in [0.717, 1.165) is 16.8 Å². The van der Waals surface area contributed by atoms with Gasteiger partial charge < -0.3 is 35.6 Å². The number of methoxy groups -OCH3 is 2. The highest BCUT2D eigenvalue weighted by atomic mass is 16.5. The van der Waals surface area contributed by atoms with Gasteiger partial charge in [-0.1, -0.05) is 43.3 Å². The predicted molar refractivity (Wildman–Crippen MR) is 188 cm³/mol. The average Bonchev–Trinajstić information content (AvgIpc) is 3.61. The molecule has 0 fully saturated rings. The Labute approximate surface area is 292 Å². The van der Waals surface area contributed by atoms with Gasteiger partial charge in [-0.2, -0.15) is 0 Å². The van der Waals surface area contributed by atoms with Crippen molar-refractivity contribution in [1.82, 2.24) is 14.9 Å². The van der Waals surface area contributed by atoms with Crippen LogP contribution in [0.25, 0.3) is 11.3 Å². The first-order chi connectivity index (χ1) is 23.7. The molecule has 3 unspecified atom stereocenters. The van der Waals surface area contributed by atoms with Crippen molar-refractivity contribution in [2.75, 3.05) is 14.2 Å². The number of carbonyl (C=O) groups excluding carboxylic acids is 4. The minimum absolute atomic E-state index is 0.0755. The summed E-state index contributed by atoms with van der Waals surface area (Å²) in [5.74, 6) is -1.10. The number of primary amides is 1. The molecule has 0 aliphatic rings. The number of benzene rings is 3. The van der Waals surface area contributed by atoms with E-state index in [9.17, 15) is 19.2 Å². The van der Waals surface area contributed by atoms with Gasteiger partial charge in [-0.3, -0.25) is 14.4 Å². The minimum atomic E-state index is -1.04. The molecule has 0 aliphatic heterocycles. The van der Waals surface area contributed by atoms with Gasteiger partial charge in [0.05, 0.1) is 38.2 Å². The van der Waals surface area contributed by atoms with Crippen LogP contribution in [0.1, 0.15) is 88.4 Å². The molecule has 0 aliphatic carbocycles. The lowest BCUT2D eigenvalue weighted by atomic mass is 9.80. The van der Waals surface area contributed by atoms with Gasteiger partial charge >= 0.3 is 5.97 Å². The van der Waals surface area contributed by atoms with E-state index in [-0.39, 0.29) is 30.0 Å². The molecule has 2 amide bonds. The van der Waals surface area contributed by atoms with Crippen LogP contribution in [-0.2, 0) is 32.0 Å². The quantitative estimate of drug-likeness (QED) is 0.115. The largest absolute Gasteiger partial charge is 0.496 e. The lowest BCUT2D eigenvalue weighted by molar-refractivity contribution is -0.142. The maximum Gasteiger partial charge on any atom is 0.341 e. The number of amides is 2. The second-order valence-electron chi connectivity index (χ2n) is 12.8. The van der Waals surface area contributed by atoms with Crippen molar-refractivity contribution in [3.05, 3.63) is 106 Å². The number of nitrogens with two attached hydrogens (primary N) is 2. The number of hydrogen-bond acceptors (Lipinski definition) is 9. The van der Waals surface area contributed by atoms with Gasteiger partial charge in [-0.15, -0.1) is 0 Å². The Morgan fingerprint density at radius 2 is 1.74 bits per heavy atom. The van der Waals surface area contributed by atoms with Crippen LogP contribution in [0.4, 0.5) is 0 Å². The molecule has 50 heavy (non-hydrogen) atoms. The van der Waals surface area contributed by atoms with Crippen molar-refractivity contribution in [1.29, 1.82) is 0 Å². The van der Waals surface area contributed by atoms with Crippen LogP contribution in [0.3, 0.4) is 0 Å². The molecule has 0 radical (unpaired) electrons. The SMILES string of the molecule is COC(=O)c1cc(CN(C(=O)C(N)Cc2c(C)cc(C(N)=O)cc2C(C)C(C)(C)OC=O)C(C)c2ncc(-c3ccccc3)[nH]2)ccc1OC. The van der Waals surface area contributed by atoms with Crippen molar-refractivity contribution < 1.29 is 33.4 Å². The van der Waals surface area contributed by atoms with Crippen LogP contribution in [-0.4, -0.2) is 65.0 Å². The smallest absolute Gasteiger partial charge is 0.341 e. The van der Waals surface area contributed by atoms with Crippen molar-refractivity contribution in [2.45, 2.75) is 71.2 Å². The molecule has 0 saturated carbocycles. The van der Waals surface area contributed by atoms with E-state index >= 15 is 0 Å². The summed E-state index contributed by atoms with van der Waals surface area (Å²) in [6.07, 6.45) is 1.82. The summed E-state index contributed by atoms with van der Waals surface area (Å²) >= 11 is 0. The van der Waals surface area contributed by atoms with Gasteiger partial charge in [0.1, 0.15) is 22.7 Å². The molecule has 1 aromatic heterocycles. The topological polar surface area (TPSA) is 180 Å². The molecule has 4 aromatic rings. The number of ether oxygens (including phenoxy) is 3. The number of esters is 1. The molecule has 1 heterocycles. The summed E-state index contributed by atoms with van der Waals surface area (Å²) in [6.45, 7) is 9.54. The Hall–Kier alpha value is -5.49. The number of rotatable bonds is 15. The molecule has 12 nitrogen and oxygen atoms in total. The Kier molecular flexibility index (Phi) is 11.8. The summed E-state index contributed by atoms with van der Waals surface area (Å²) in [5.41, 5.74) is 16.5. The lowest BCUT2D eigenvalue weighted by Crippen LogP contribution is -2.46. The second-order valence-corrected chi connectivity index (χ2v) is 12.8. The monoisotopic (exact) mass is 683 g/mol. The van der Waals surface area contributed by atoms with Crippen LogP contribution in [0.5, 0.6) is 5.75 Å². The third-order valence-electron chi connectivity index (χ3n) is 9.24. The standard InChI is InChI=1S/C38H45N5O7/c1-22-15-27(34(40)45)17-29(23(2)38(4,5)50-21-44)28(22)18-31(39)36(46)43(20-25-13-14-33(48-6)30(16-25)37(47)49-7)24(3)35-41-19-32(42-35)26-11-9-8-10-12-26/h8-17,19,21,23-24,31H,18,20,39H2,1-7H3,(H2,40,45)(H,41,42). The van der Waals surface area contributed by atoms with E-state index in [0.29, 0.717) is 34.7 Å². The van der Waals surface area contributed by atoms with E-state index in [1.54, 1.807) is 55.3 Å². The maximum absolute atomic E-state index is 14.5. The number of H-pyrrole nitrogens is 1. The predicted octanol–water partition coefficient (Wildman–Crippen LogP) is 4.99. The number of aromatic nitrogens is 2. The molecule has 0 bridgehead atoms. The number of aromatic amines is 1. The molecule has 0 saturated heterocycles. The lowest BCUT2D eigenvalue weighted by Gasteiger charge is -2.34. The van der Waals surface area contributed by atoms with Crippen LogP contribution in [0.2, 0.25) is 0 Å². The van der Waals surface area contributed by atoms with Gasteiger partial charge in [0.25, 0.3) is 6.47 Å². The zero-order chi connectivity index (χ0) is 36.7. The fraction of sp³-hybridized carbons (Fsp3) is 0.342. The normalized spacial score (nSPS) is 13.1. The van der Waals surface area contributed by atoms with E-state index in [4.69, 9.17) is 25.7 Å². The number of imidazole rings is 1. The fourth-order valence-corrected chi connectivity index (χ4v) is 5.96. The zero-order valence-corrected chi connectivity index (χ0v) is 29.5. The molecule has 12 heteroatoms. The molecule has 3 aromatic carbocycles. The van der Waals surface area contributed by atoms with E-state index < -0.39 is 35.5 Å². The Balaban J connectivity index is 1.76.